The molecular formula is C19H21ClN4O2. The highest BCUT2D eigenvalue weighted by molar-refractivity contribution is 6.30. The minimum atomic E-state index is -0.228. The van der Waals surface area contributed by atoms with Crippen molar-refractivity contribution in [1.82, 2.24) is 20.1 Å². The second kappa shape index (κ2) is 7.33. The summed E-state index contributed by atoms with van der Waals surface area (Å²) in [6, 6.07) is 9.20. The third-order valence-corrected chi connectivity index (χ3v) is 4.39. The van der Waals surface area contributed by atoms with E-state index in [2.05, 4.69) is 15.4 Å². The first-order valence-corrected chi connectivity index (χ1v) is 8.71. The minimum Gasteiger partial charge on any atom is -0.466 e. The molecule has 1 N–H and O–H groups in total. The first kappa shape index (κ1) is 18.2. The van der Waals surface area contributed by atoms with Gasteiger partial charge in [0, 0.05) is 17.8 Å². The van der Waals surface area contributed by atoms with E-state index in [0.717, 1.165) is 27.9 Å². The summed E-state index contributed by atoms with van der Waals surface area (Å²) in [6.45, 7) is 5.69. The van der Waals surface area contributed by atoms with E-state index in [1.165, 1.54) is 0 Å². The van der Waals surface area contributed by atoms with Gasteiger partial charge in [0.05, 0.1) is 11.4 Å². The third-order valence-electron chi connectivity index (χ3n) is 4.15. The van der Waals surface area contributed by atoms with Gasteiger partial charge in [-0.15, -0.1) is 5.10 Å². The lowest BCUT2D eigenvalue weighted by Crippen LogP contribution is -2.31. The number of hydrogen-bond acceptors (Lipinski definition) is 4. The molecule has 1 atom stereocenters. The van der Waals surface area contributed by atoms with Crippen LogP contribution in [0, 0.1) is 13.8 Å². The number of benzene rings is 1. The quantitative estimate of drug-likeness (QED) is 0.744. The molecule has 3 aromatic rings. The summed E-state index contributed by atoms with van der Waals surface area (Å²) in [5.74, 6) is 0.187. The molecule has 0 fully saturated rings. The zero-order chi connectivity index (χ0) is 18.8. The number of nitrogens with zero attached hydrogens (tertiary/aromatic N) is 3. The Morgan fingerprint density at radius 2 is 2.12 bits per heavy atom. The number of amides is 1. The number of nitrogens with one attached hydrogen (secondary N) is 1. The number of aromatic nitrogens is 3. The number of ether oxygens (including phenoxy) is 1. The Morgan fingerprint density at radius 1 is 1.35 bits per heavy atom. The predicted octanol–water partition coefficient (Wildman–Crippen LogP) is 3.49. The van der Waals surface area contributed by atoms with E-state index in [1.807, 2.05) is 52.1 Å². The van der Waals surface area contributed by atoms with Gasteiger partial charge in [0.1, 0.15) is 0 Å². The molecule has 0 radical (unpaired) electrons. The predicted molar refractivity (Wildman–Crippen MR) is 101 cm³/mol. The van der Waals surface area contributed by atoms with Gasteiger partial charge < -0.3 is 10.1 Å². The Hall–Kier alpha value is -2.60. The Kier molecular flexibility index (Phi) is 5.13. The smallest absolute Gasteiger partial charge is 0.258 e. The fourth-order valence-electron chi connectivity index (χ4n) is 2.93. The van der Waals surface area contributed by atoms with Gasteiger partial charge in [0.25, 0.3) is 5.91 Å². The van der Waals surface area contributed by atoms with Crippen LogP contribution in [0.25, 0.3) is 11.0 Å². The van der Waals surface area contributed by atoms with Crippen LogP contribution >= 0.6 is 11.6 Å². The van der Waals surface area contributed by atoms with Crippen molar-refractivity contribution in [2.24, 2.45) is 7.05 Å². The summed E-state index contributed by atoms with van der Waals surface area (Å²) in [6.07, 6.45) is 0. The summed E-state index contributed by atoms with van der Waals surface area (Å²) in [4.78, 5) is 16.7. The maximum absolute atomic E-state index is 12.2. The van der Waals surface area contributed by atoms with Crippen molar-refractivity contribution in [3.8, 4) is 5.88 Å². The number of carbonyl (C=O) groups excluding carboxylic acids is 1. The number of hydrogen-bond donors (Lipinski definition) is 1. The van der Waals surface area contributed by atoms with Crippen molar-refractivity contribution in [3.63, 3.8) is 0 Å². The topological polar surface area (TPSA) is 69.0 Å². The molecule has 2 aromatic heterocycles. The maximum atomic E-state index is 12.2. The summed E-state index contributed by atoms with van der Waals surface area (Å²) in [7, 11) is 1.81. The molecule has 0 bridgehead atoms. The molecule has 26 heavy (non-hydrogen) atoms. The summed E-state index contributed by atoms with van der Waals surface area (Å²) < 4.78 is 7.34. The van der Waals surface area contributed by atoms with Crippen LogP contribution in [0.15, 0.2) is 30.3 Å². The van der Waals surface area contributed by atoms with E-state index < -0.39 is 0 Å². The molecule has 0 aliphatic rings. The molecule has 2 heterocycles. The van der Waals surface area contributed by atoms with Gasteiger partial charge in [-0.25, -0.2) is 9.67 Å². The van der Waals surface area contributed by atoms with E-state index in [4.69, 9.17) is 16.3 Å². The number of carbonyl (C=O) groups is 1. The molecular weight excluding hydrogens is 352 g/mol. The highest BCUT2D eigenvalue weighted by atomic mass is 35.5. The standard InChI is InChI=1S/C19H21ClN4O2/c1-11-8-12(2)21-18-17(11)19(23-24(18)4)26-10-16(25)22-13(3)14-6-5-7-15(20)9-14/h5-9,13H,10H2,1-4H3,(H,22,25). The van der Waals surface area contributed by atoms with Crippen molar-refractivity contribution in [2.45, 2.75) is 26.8 Å². The average molecular weight is 373 g/mol. The largest absolute Gasteiger partial charge is 0.466 e. The second-order valence-electron chi connectivity index (χ2n) is 6.34. The van der Waals surface area contributed by atoms with Crippen LogP contribution in [-0.2, 0) is 11.8 Å². The van der Waals surface area contributed by atoms with Crippen molar-refractivity contribution in [3.05, 3.63) is 52.2 Å². The van der Waals surface area contributed by atoms with Crippen molar-refractivity contribution >= 4 is 28.5 Å². The zero-order valence-electron chi connectivity index (χ0n) is 15.2. The Bertz CT molecular complexity index is 968. The zero-order valence-corrected chi connectivity index (χ0v) is 16.0. The highest BCUT2D eigenvalue weighted by Gasteiger charge is 2.16. The normalized spacial score (nSPS) is 12.2. The van der Waals surface area contributed by atoms with Crippen molar-refractivity contribution in [2.75, 3.05) is 6.61 Å². The maximum Gasteiger partial charge on any atom is 0.258 e. The van der Waals surface area contributed by atoms with Crippen LogP contribution in [-0.4, -0.2) is 27.3 Å². The van der Waals surface area contributed by atoms with Gasteiger partial charge >= 0.3 is 0 Å². The lowest BCUT2D eigenvalue weighted by atomic mass is 10.1. The van der Waals surface area contributed by atoms with E-state index in [-0.39, 0.29) is 18.6 Å². The van der Waals surface area contributed by atoms with Crippen LogP contribution < -0.4 is 10.1 Å². The van der Waals surface area contributed by atoms with Gasteiger partial charge in [0.15, 0.2) is 12.3 Å². The van der Waals surface area contributed by atoms with Crippen LogP contribution in [0.1, 0.15) is 29.8 Å². The molecule has 0 aliphatic carbocycles. The molecule has 7 heteroatoms. The number of fused-ring (bicyclic) bond motifs is 1. The van der Waals surface area contributed by atoms with Gasteiger partial charge in [0.2, 0.25) is 5.88 Å². The van der Waals surface area contributed by atoms with Crippen LogP contribution in [0.4, 0.5) is 0 Å². The summed E-state index contributed by atoms with van der Waals surface area (Å²) >= 11 is 6.00. The fourth-order valence-corrected chi connectivity index (χ4v) is 3.13. The average Bonchev–Trinajstić information content (AvgIpc) is 2.89. The molecule has 0 spiro atoms. The second-order valence-corrected chi connectivity index (χ2v) is 6.78. The number of rotatable bonds is 5. The van der Waals surface area contributed by atoms with Crippen LogP contribution in [0.3, 0.4) is 0 Å². The molecule has 1 aromatic carbocycles. The van der Waals surface area contributed by atoms with E-state index in [1.54, 1.807) is 10.7 Å². The number of pyridine rings is 1. The lowest BCUT2D eigenvalue weighted by molar-refractivity contribution is -0.123. The van der Waals surface area contributed by atoms with E-state index in [9.17, 15) is 4.79 Å². The summed E-state index contributed by atoms with van der Waals surface area (Å²) in [5, 5.41) is 8.71. The molecule has 0 aliphatic heterocycles. The SMILES string of the molecule is Cc1cc(C)c2c(OCC(=O)NC(C)c3cccc(Cl)c3)nn(C)c2n1. The highest BCUT2D eigenvalue weighted by Crippen LogP contribution is 2.27. The van der Waals surface area contributed by atoms with Gasteiger partial charge in [-0.05, 0) is 50.1 Å². The molecule has 6 nitrogen and oxygen atoms in total. The van der Waals surface area contributed by atoms with Gasteiger partial charge in [-0.3, -0.25) is 4.79 Å². The van der Waals surface area contributed by atoms with Crippen molar-refractivity contribution in [1.29, 1.82) is 0 Å². The van der Waals surface area contributed by atoms with E-state index in [0.29, 0.717) is 10.9 Å². The molecule has 1 amide bonds. The Labute approximate surface area is 157 Å². The lowest BCUT2D eigenvalue weighted by Gasteiger charge is -2.14. The first-order chi connectivity index (χ1) is 12.3. The van der Waals surface area contributed by atoms with Gasteiger partial charge in [-0.1, -0.05) is 23.7 Å². The Balaban J connectivity index is 1.69. The molecule has 1 unspecified atom stereocenters. The van der Waals surface area contributed by atoms with Crippen LogP contribution in [0.5, 0.6) is 5.88 Å². The monoisotopic (exact) mass is 372 g/mol. The van der Waals surface area contributed by atoms with Crippen LogP contribution in [0.2, 0.25) is 5.02 Å². The fraction of sp³-hybridized carbons (Fsp3) is 0.316. The first-order valence-electron chi connectivity index (χ1n) is 8.33. The van der Waals surface area contributed by atoms with E-state index >= 15 is 0 Å². The molecule has 0 saturated carbocycles. The summed E-state index contributed by atoms with van der Waals surface area (Å²) in [5.41, 5.74) is 3.61. The third kappa shape index (κ3) is 3.80. The Morgan fingerprint density at radius 3 is 2.85 bits per heavy atom. The minimum absolute atomic E-state index is 0.121. The number of aryl methyl sites for hydroxylation is 3. The van der Waals surface area contributed by atoms with Crippen molar-refractivity contribution < 1.29 is 9.53 Å². The number of halogens is 1. The van der Waals surface area contributed by atoms with Gasteiger partial charge in [-0.2, -0.15) is 0 Å². The molecule has 136 valence electrons. The molecule has 3 rings (SSSR count). The molecule has 0 saturated heterocycles.